The van der Waals surface area contributed by atoms with E-state index in [2.05, 4.69) is 20.9 Å². The lowest BCUT2D eigenvalue weighted by molar-refractivity contribution is -0.143. The summed E-state index contributed by atoms with van der Waals surface area (Å²) >= 11 is 1.69. The second-order valence-corrected chi connectivity index (χ2v) is 10.8. The number of aliphatic hydroxyl groups is 1. The molecule has 2 fully saturated rings. The number of carbonyl (C=O) groups is 1. The Kier molecular flexibility index (Phi) is 5.19. The molecule has 0 unspecified atom stereocenters. The molecule has 1 aliphatic carbocycles. The summed E-state index contributed by atoms with van der Waals surface area (Å²) in [6, 6.07) is 5.81. The summed E-state index contributed by atoms with van der Waals surface area (Å²) in [7, 11) is 1.67. The quantitative estimate of drug-likeness (QED) is 0.602. The SMILES string of the molecule is COc1ccc2c3c([nH]c2c1)[C@H](CO)N(C(=O)C1CCCC1)CC31CN(Cc2nccs2)C1. The van der Waals surface area contributed by atoms with Gasteiger partial charge in [-0.05, 0) is 30.5 Å². The predicted molar refractivity (Wildman–Crippen MR) is 127 cm³/mol. The van der Waals surface area contributed by atoms with Gasteiger partial charge in [0, 0.05) is 65.2 Å². The molecule has 174 valence electrons. The summed E-state index contributed by atoms with van der Waals surface area (Å²) in [5, 5.41) is 14.8. The van der Waals surface area contributed by atoms with Crippen LogP contribution < -0.4 is 4.74 Å². The number of nitrogens with one attached hydrogen (secondary N) is 1. The zero-order valence-electron chi connectivity index (χ0n) is 18.9. The van der Waals surface area contributed by atoms with Crippen molar-refractivity contribution in [2.75, 3.05) is 33.4 Å². The number of likely N-dealkylation sites (tertiary alicyclic amines) is 1. The third-order valence-electron chi connectivity index (χ3n) is 7.80. The van der Waals surface area contributed by atoms with E-state index in [1.807, 2.05) is 28.6 Å². The van der Waals surface area contributed by atoms with Gasteiger partial charge in [-0.3, -0.25) is 9.69 Å². The van der Waals surface area contributed by atoms with Gasteiger partial charge in [0.15, 0.2) is 0 Å². The maximum Gasteiger partial charge on any atom is 0.226 e. The number of hydrogen-bond donors (Lipinski definition) is 2. The molecular weight excluding hydrogens is 436 g/mol. The Balaban J connectivity index is 1.41. The number of benzene rings is 1. The number of hydrogen-bond acceptors (Lipinski definition) is 6. The zero-order valence-corrected chi connectivity index (χ0v) is 19.7. The van der Waals surface area contributed by atoms with Gasteiger partial charge >= 0.3 is 0 Å². The van der Waals surface area contributed by atoms with Crippen molar-refractivity contribution in [3.05, 3.63) is 46.0 Å². The van der Waals surface area contributed by atoms with E-state index in [1.54, 1.807) is 18.4 Å². The van der Waals surface area contributed by atoms with Gasteiger partial charge in [0.1, 0.15) is 10.8 Å². The summed E-state index contributed by atoms with van der Waals surface area (Å²) < 4.78 is 5.45. The molecule has 6 rings (SSSR count). The standard InChI is InChI=1S/C25H30N4O3S/c1-32-17-6-7-18-19(10-17)27-23-20(12-30)29(24(31)16-4-2-3-5-16)15-25(22(18)23)13-28(14-25)11-21-26-8-9-33-21/h6-10,16,20,27,30H,2-5,11-15H2,1H3/t20-/m0/s1. The van der Waals surface area contributed by atoms with Crippen LogP contribution in [0.25, 0.3) is 10.9 Å². The summed E-state index contributed by atoms with van der Waals surface area (Å²) in [4.78, 5) is 26.1. The Morgan fingerprint density at radius 3 is 2.82 bits per heavy atom. The van der Waals surface area contributed by atoms with Crippen molar-refractivity contribution < 1.29 is 14.6 Å². The third-order valence-corrected chi connectivity index (χ3v) is 8.57. The Bertz CT molecular complexity index is 1160. The van der Waals surface area contributed by atoms with Crippen molar-refractivity contribution in [2.24, 2.45) is 5.92 Å². The van der Waals surface area contributed by atoms with Gasteiger partial charge in [-0.25, -0.2) is 4.98 Å². The molecule has 1 aromatic carbocycles. The Morgan fingerprint density at radius 2 is 2.12 bits per heavy atom. The molecule has 33 heavy (non-hydrogen) atoms. The van der Waals surface area contributed by atoms with Crippen LogP contribution >= 0.6 is 11.3 Å². The van der Waals surface area contributed by atoms with Crippen LogP contribution in [0.3, 0.4) is 0 Å². The second kappa shape index (κ2) is 8.11. The smallest absolute Gasteiger partial charge is 0.226 e. The number of carbonyl (C=O) groups excluding carboxylic acids is 1. The molecule has 2 N–H and O–H groups in total. The van der Waals surface area contributed by atoms with Crippen molar-refractivity contribution in [2.45, 2.75) is 43.7 Å². The van der Waals surface area contributed by atoms with E-state index in [0.29, 0.717) is 6.54 Å². The number of H-pyrrole nitrogens is 1. The van der Waals surface area contributed by atoms with Crippen molar-refractivity contribution in [3.8, 4) is 5.75 Å². The molecule has 8 heteroatoms. The van der Waals surface area contributed by atoms with E-state index in [0.717, 1.165) is 67.3 Å². The largest absolute Gasteiger partial charge is 0.497 e. The Morgan fingerprint density at radius 1 is 1.30 bits per heavy atom. The predicted octanol–water partition coefficient (Wildman–Crippen LogP) is 3.45. The molecule has 7 nitrogen and oxygen atoms in total. The molecule has 4 heterocycles. The molecule has 3 aromatic rings. The zero-order chi connectivity index (χ0) is 22.6. The summed E-state index contributed by atoms with van der Waals surface area (Å²) in [5.74, 6) is 1.10. The molecule has 2 aliphatic heterocycles. The fraction of sp³-hybridized carbons (Fsp3) is 0.520. The van der Waals surface area contributed by atoms with Gasteiger partial charge in [0.2, 0.25) is 5.91 Å². The maximum absolute atomic E-state index is 13.6. The van der Waals surface area contributed by atoms with Gasteiger partial charge < -0.3 is 19.7 Å². The topological polar surface area (TPSA) is 81.7 Å². The number of aromatic nitrogens is 2. The van der Waals surface area contributed by atoms with Crippen LogP contribution in [0.4, 0.5) is 0 Å². The first-order chi connectivity index (χ1) is 16.1. The minimum atomic E-state index is -0.329. The number of nitrogens with zero attached hydrogens (tertiary/aromatic N) is 3. The van der Waals surface area contributed by atoms with E-state index >= 15 is 0 Å². The van der Waals surface area contributed by atoms with Crippen LogP contribution in [-0.4, -0.2) is 64.1 Å². The molecule has 1 saturated heterocycles. The Hall–Kier alpha value is -2.42. The fourth-order valence-corrected chi connectivity index (χ4v) is 7.01. The average Bonchev–Trinajstić information content (AvgIpc) is 3.57. The van der Waals surface area contributed by atoms with E-state index in [1.165, 1.54) is 10.9 Å². The van der Waals surface area contributed by atoms with Crippen LogP contribution in [-0.2, 0) is 16.8 Å². The Labute approximate surface area is 197 Å². The van der Waals surface area contributed by atoms with Crippen LogP contribution in [0.15, 0.2) is 29.8 Å². The van der Waals surface area contributed by atoms with E-state index < -0.39 is 0 Å². The van der Waals surface area contributed by atoms with Gasteiger partial charge in [-0.1, -0.05) is 12.8 Å². The number of fused-ring (bicyclic) bond motifs is 4. The first-order valence-corrected chi connectivity index (χ1v) is 12.7. The molecule has 0 radical (unpaired) electrons. The lowest BCUT2D eigenvalue weighted by atomic mass is 9.68. The summed E-state index contributed by atoms with van der Waals surface area (Å²) in [6.07, 6.45) is 6.03. The summed E-state index contributed by atoms with van der Waals surface area (Å²) in [5.41, 5.74) is 3.13. The van der Waals surface area contributed by atoms with E-state index in [-0.39, 0.29) is 29.9 Å². The highest BCUT2D eigenvalue weighted by molar-refractivity contribution is 7.09. The minimum Gasteiger partial charge on any atom is -0.497 e. The van der Waals surface area contributed by atoms with Crippen LogP contribution in [0.2, 0.25) is 0 Å². The molecule has 1 atom stereocenters. The van der Waals surface area contributed by atoms with Crippen molar-refractivity contribution in [3.63, 3.8) is 0 Å². The third kappa shape index (κ3) is 3.38. The number of rotatable bonds is 5. The second-order valence-electron chi connectivity index (χ2n) is 9.82. The van der Waals surface area contributed by atoms with Crippen molar-refractivity contribution in [1.82, 2.24) is 19.8 Å². The molecule has 1 amide bonds. The van der Waals surface area contributed by atoms with Crippen molar-refractivity contribution >= 4 is 28.1 Å². The first-order valence-electron chi connectivity index (χ1n) is 11.8. The molecule has 3 aliphatic rings. The lowest BCUT2D eigenvalue weighted by Crippen LogP contribution is -2.66. The average molecular weight is 467 g/mol. The fourth-order valence-electron chi connectivity index (χ4n) is 6.35. The highest BCUT2D eigenvalue weighted by Gasteiger charge is 2.54. The number of ether oxygens (including phenoxy) is 1. The molecule has 0 bridgehead atoms. The van der Waals surface area contributed by atoms with E-state index in [9.17, 15) is 9.90 Å². The van der Waals surface area contributed by atoms with Crippen LogP contribution in [0.1, 0.15) is 48.0 Å². The van der Waals surface area contributed by atoms with Crippen LogP contribution in [0, 0.1) is 5.92 Å². The normalized spacial score (nSPS) is 22.6. The monoisotopic (exact) mass is 466 g/mol. The maximum atomic E-state index is 13.6. The van der Waals surface area contributed by atoms with E-state index in [4.69, 9.17) is 4.74 Å². The highest BCUT2D eigenvalue weighted by atomic mass is 32.1. The van der Waals surface area contributed by atoms with Gasteiger partial charge in [-0.15, -0.1) is 11.3 Å². The number of thiazole rings is 1. The number of methoxy groups -OCH3 is 1. The van der Waals surface area contributed by atoms with Gasteiger partial charge in [0.25, 0.3) is 0 Å². The molecule has 1 saturated carbocycles. The lowest BCUT2D eigenvalue weighted by Gasteiger charge is -2.56. The number of amides is 1. The van der Waals surface area contributed by atoms with Crippen LogP contribution in [0.5, 0.6) is 5.75 Å². The number of aliphatic hydroxyl groups excluding tert-OH is 1. The van der Waals surface area contributed by atoms with Gasteiger partial charge in [0.05, 0.1) is 26.3 Å². The number of aromatic amines is 1. The summed E-state index contributed by atoms with van der Waals surface area (Å²) in [6.45, 7) is 3.18. The van der Waals surface area contributed by atoms with Gasteiger partial charge in [-0.2, -0.15) is 0 Å². The van der Waals surface area contributed by atoms with Crippen molar-refractivity contribution in [1.29, 1.82) is 0 Å². The molecule has 2 aromatic heterocycles. The first kappa shape index (κ1) is 21.1. The molecular formula is C25H30N4O3S. The minimum absolute atomic E-state index is 0.0751. The molecule has 1 spiro atoms. The highest BCUT2D eigenvalue weighted by Crippen LogP contribution is 2.49.